The summed E-state index contributed by atoms with van der Waals surface area (Å²) in [4.78, 5) is 49.6. The summed E-state index contributed by atoms with van der Waals surface area (Å²) >= 11 is 0. The number of hydrogen-bond acceptors (Lipinski definition) is 7. The van der Waals surface area contributed by atoms with E-state index >= 15 is 0 Å². The van der Waals surface area contributed by atoms with Gasteiger partial charge in [-0.05, 0) is 45.4 Å². The van der Waals surface area contributed by atoms with E-state index in [0.29, 0.717) is 16.8 Å². The average Bonchev–Trinajstić information content (AvgIpc) is 2.93. The molecular weight excluding hydrogens is 368 g/mol. The minimum atomic E-state index is -0.780. The Morgan fingerprint density at radius 2 is 1.79 bits per heavy atom. The van der Waals surface area contributed by atoms with Crippen molar-refractivity contribution >= 4 is 23.4 Å². The number of aromatic amines is 1. The number of nitrogens with one attached hydrogen (secondary N) is 1. The highest BCUT2D eigenvalue weighted by atomic mass is 16.6. The Morgan fingerprint density at radius 3 is 2.36 bits per heavy atom. The number of nitro benzene ring substituents is 1. The van der Waals surface area contributed by atoms with Crippen molar-refractivity contribution in [1.82, 2.24) is 4.98 Å². The van der Waals surface area contributed by atoms with Gasteiger partial charge in [-0.25, -0.2) is 9.59 Å². The highest BCUT2D eigenvalue weighted by molar-refractivity contribution is 6.03. The van der Waals surface area contributed by atoms with Crippen molar-refractivity contribution in [2.75, 3.05) is 13.2 Å². The molecule has 0 fully saturated rings. The summed E-state index contributed by atoms with van der Waals surface area (Å²) in [6, 6.07) is 3.80. The molecule has 0 radical (unpaired) electrons. The largest absolute Gasteiger partial charge is 0.462 e. The number of carbonyl (C=O) groups is 3. The molecule has 0 aliphatic heterocycles. The van der Waals surface area contributed by atoms with E-state index in [-0.39, 0.29) is 29.1 Å². The Labute approximate surface area is 160 Å². The summed E-state index contributed by atoms with van der Waals surface area (Å²) in [6.07, 6.45) is 0. The standard InChI is InChI=1S/C19H20N2O7/c1-5-27-19(24)16-11(3)17(20-12(16)4)15(22)9-28-18(23)13-6-7-14(21(25)26)10(2)8-13/h6-8,20H,5,9H2,1-4H3. The summed E-state index contributed by atoms with van der Waals surface area (Å²) < 4.78 is 9.99. The molecule has 2 rings (SSSR count). The van der Waals surface area contributed by atoms with Gasteiger partial charge in [0.25, 0.3) is 5.69 Å². The molecule has 0 amide bonds. The minimum Gasteiger partial charge on any atom is -0.462 e. The van der Waals surface area contributed by atoms with E-state index in [9.17, 15) is 24.5 Å². The molecule has 0 bridgehead atoms. The number of rotatable bonds is 7. The molecule has 0 aliphatic rings. The first kappa shape index (κ1) is 20.8. The van der Waals surface area contributed by atoms with Crippen molar-refractivity contribution in [3.63, 3.8) is 0 Å². The van der Waals surface area contributed by atoms with Gasteiger partial charge in [0, 0.05) is 17.3 Å². The van der Waals surface area contributed by atoms with Crippen LogP contribution in [-0.4, -0.2) is 40.8 Å². The zero-order valence-corrected chi connectivity index (χ0v) is 16.0. The molecule has 1 aromatic carbocycles. The highest BCUT2D eigenvalue weighted by Gasteiger charge is 2.24. The summed E-state index contributed by atoms with van der Waals surface area (Å²) in [6.45, 7) is 6.09. The number of Topliss-reactive ketones (excluding diaryl/α,β-unsaturated/α-hetero) is 1. The lowest BCUT2D eigenvalue weighted by Crippen LogP contribution is -2.16. The number of ether oxygens (including phenoxy) is 2. The van der Waals surface area contributed by atoms with Gasteiger partial charge in [0.05, 0.1) is 28.4 Å². The third-order valence-corrected chi connectivity index (χ3v) is 4.16. The lowest BCUT2D eigenvalue weighted by atomic mass is 10.1. The average molecular weight is 388 g/mol. The molecule has 148 valence electrons. The van der Waals surface area contributed by atoms with Crippen molar-refractivity contribution in [2.24, 2.45) is 0 Å². The zero-order chi connectivity index (χ0) is 21.0. The van der Waals surface area contributed by atoms with Crippen molar-refractivity contribution in [3.8, 4) is 0 Å². The maximum atomic E-state index is 12.4. The fraction of sp³-hybridized carbons (Fsp3) is 0.316. The number of esters is 2. The van der Waals surface area contributed by atoms with Gasteiger partial charge in [-0.2, -0.15) is 0 Å². The van der Waals surface area contributed by atoms with E-state index in [0.717, 1.165) is 0 Å². The van der Waals surface area contributed by atoms with Crippen LogP contribution < -0.4 is 0 Å². The number of benzene rings is 1. The van der Waals surface area contributed by atoms with Crippen LogP contribution in [-0.2, 0) is 9.47 Å². The number of hydrogen-bond donors (Lipinski definition) is 1. The Kier molecular flexibility index (Phi) is 6.29. The van der Waals surface area contributed by atoms with Crippen LogP contribution in [0.1, 0.15) is 54.9 Å². The van der Waals surface area contributed by atoms with Crippen molar-refractivity contribution in [2.45, 2.75) is 27.7 Å². The quantitative estimate of drug-likeness (QED) is 0.334. The number of ketones is 1. The second-order valence-corrected chi connectivity index (χ2v) is 6.10. The Morgan fingerprint density at radius 1 is 1.11 bits per heavy atom. The fourth-order valence-electron chi connectivity index (χ4n) is 2.81. The van der Waals surface area contributed by atoms with Gasteiger partial charge in [-0.15, -0.1) is 0 Å². The van der Waals surface area contributed by atoms with Crippen LogP contribution in [0.3, 0.4) is 0 Å². The van der Waals surface area contributed by atoms with Crippen molar-refractivity contribution in [1.29, 1.82) is 0 Å². The van der Waals surface area contributed by atoms with Crippen LogP contribution in [0.5, 0.6) is 0 Å². The second-order valence-electron chi connectivity index (χ2n) is 6.10. The zero-order valence-electron chi connectivity index (χ0n) is 16.0. The predicted octanol–water partition coefficient (Wildman–Crippen LogP) is 3.06. The van der Waals surface area contributed by atoms with Gasteiger partial charge in [-0.3, -0.25) is 14.9 Å². The molecule has 1 aromatic heterocycles. The van der Waals surface area contributed by atoms with E-state index < -0.39 is 29.3 Å². The molecule has 2 aromatic rings. The molecule has 0 unspecified atom stereocenters. The molecular formula is C19H20N2O7. The minimum absolute atomic E-state index is 0.0995. The normalized spacial score (nSPS) is 10.4. The van der Waals surface area contributed by atoms with Crippen LogP contribution in [0.2, 0.25) is 0 Å². The SMILES string of the molecule is CCOC(=O)c1c(C)[nH]c(C(=O)COC(=O)c2ccc([N+](=O)[O-])c(C)c2)c1C. The number of H-pyrrole nitrogens is 1. The Balaban J connectivity index is 2.11. The Bertz CT molecular complexity index is 959. The molecule has 0 aliphatic carbocycles. The molecule has 0 spiro atoms. The molecule has 1 N–H and O–H groups in total. The number of nitro groups is 1. The van der Waals surface area contributed by atoms with Crippen LogP contribution in [0.15, 0.2) is 18.2 Å². The summed E-state index contributed by atoms with van der Waals surface area (Å²) in [5, 5.41) is 10.8. The molecule has 0 atom stereocenters. The van der Waals surface area contributed by atoms with E-state index in [1.807, 2.05) is 0 Å². The maximum Gasteiger partial charge on any atom is 0.340 e. The van der Waals surface area contributed by atoms with E-state index in [2.05, 4.69) is 4.98 Å². The highest BCUT2D eigenvalue weighted by Crippen LogP contribution is 2.21. The topological polar surface area (TPSA) is 129 Å². The third kappa shape index (κ3) is 4.25. The first-order chi connectivity index (χ1) is 13.2. The predicted molar refractivity (Wildman–Crippen MR) is 98.7 cm³/mol. The summed E-state index contributed by atoms with van der Waals surface area (Å²) in [5.74, 6) is -1.83. The number of aromatic nitrogens is 1. The molecule has 0 saturated heterocycles. The molecule has 28 heavy (non-hydrogen) atoms. The molecule has 0 saturated carbocycles. The van der Waals surface area contributed by atoms with Crippen LogP contribution in [0, 0.1) is 30.9 Å². The molecule has 9 nitrogen and oxygen atoms in total. The summed E-state index contributed by atoms with van der Waals surface area (Å²) in [7, 11) is 0. The number of carbonyl (C=O) groups excluding carboxylic acids is 3. The van der Waals surface area contributed by atoms with Crippen molar-refractivity contribution in [3.05, 3.63) is 62.0 Å². The van der Waals surface area contributed by atoms with Gasteiger partial charge in [0.1, 0.15) is 0 Å². The van der Waals surface area contributed by atoms with Gasteiger partial charge >= 0.3 is 11.9 Å². The van der Waals surface area contributed by atoms with Crippen LogP contribution in [0.4, 0.5) is 5.69 Å². The smallest absolute Gasteiger partial charge is 0.340 e. The third-order valence-electron chi connectivity index (χ3n) is 4.16. The molecule has 1 heterocycles. The fourth-order valence-corrected chi connectivity index (χ4v) is 2.81. The van der Waals surface area contributed by atoms with Crippen LogP contribution in [0.25, 0.3) is 0 Å². The lowest BCUT2D eigenvalue weighted by Gasteiger charge is -2.06. The second kappa shape index (κ2) is 8.47. The van der Waals surface area contributed by atoms with Crippen molar-refractivity contribution < 1.29 is 28.8 Å². The number of aryl methyl sites for hydroxylation is 2. The Hall–Kier alpha value is -3.49. The lowest BCUT2D eigenvalue weighted by molar-refractivity contribution is -0.385. The van der Waals surface area contributed by atoms with Gasteiger partial charge in [-0.1, -0.05) is 0 Å². The van der Waals surface area contributed by atoms with Crippen LogP contribution >= 0.6 is 0 Å². The maximum absolute atomic E-state index is 12.4. The molecule has 9 heteroatoms. The number of nitrogens with zero attached hydrogens (tertiary/aromatic N) is 1. The van der Waals surface area contributed by atoms with Gasteiger partial charge in [0.2, 0.25) is 5.78 Å². The monoisotopic (exact) mass is 388 g/mol. The van der Waals surface area contributed by atoms with Gasteiger partial charge in [0.15, 0.2) is 6.61 Å². The van der Waals surface area contributed by atoms with Gasteiger partial charge < -0.3 is 14.5 Å². The summed E-state index contributed by atoms with van der Waals surface area (Å²) in [5.41, 5.74) is 1.63. The van der Waals surface area contributed by atoms with E-state index in [4.69, 9.17) is 9.47 Å². The first-order valence-corrected chi connectivity index (χ1v) is 8.49. The van der Waals surface area contributed by atoms with E-state index in [1.54, 1.807) is 20.8 Å². The first-order valence-electron chi connectivity index (χ1n) is 8.49. The van der Waals surface area contributed by atoms with E-state index in [1.165, 1.54) is 25.1 Å².